The van der Waals surface area contributed by atoms with E-state index in [9.17, 15) is 0 Å². The molecule has 0 aliphatic carbocycles. The molecular formula is C11H19N. The first-order chi connectivity index (χ1) is 5.74. The monoisotopic (exact) mass is 165 g/mol. The maximum atomic E-state index is 4.43. The SMILES string of the molecule is C=C/C=C(\CC)CN=C(C)CC. The Balaban J connectivity index is 4.04. The Labute approximate surface area is 75.9 Å². The van der Waals surface area contributed by atoms with E-state index in [4.69, 9.17) is 0 Å². The fraction of sp³-hybridized carbons (Fsp3) is 0.545. The second-order valence-corrected chi connectivity index (χ2v) is 2.82. The molecule has 0 spiro atoms. The lowest BCUT2D eigenvalue weighted by atomic mass is 10.2. The molecule has 0 aromatic heterocycles. The Bertz CT molecular complexity index is 187. The van der Waals surface area contributed by atoms with E-state index in [0.717, 1.165) is 19.4 Å². The highest BCUT2D eigenvalue weighted by Crippen LogP contribution is 2.01. The van der Waals surface area contributed by atoms with Gasteiger partial charge in [-0.2, -0.15) is 0 Å². The molecule has 1 heteroatoms. The zero-order valence-corrected chi connectivity index (χ0v) is 8.43. The standard InChI is InChI=1S/C11H19N/c1-5-8-11(7-3)9-12-10(4)6-2/h5,8H,1,6-7,9H2,2-4H3/b11-8+,12-10?. The molecule has 0 unspecified atom stereocenters. The van der Waals surface area contributed by atoms with E-state index in [1.165, 1.54) is 11.3 Å². The van der Waals surface area contributed by atoms with Gasteiger partial charge in [0.05, 0.1) is 6.54 Å². The fourth-order valence-electron chi connectivity index (χ4n) is 0.797. The summed E-state index contributed by atoms with van der Waals surface area (Å²) in [6.45, 7) is 10.8. The maximum Gasteiger partial charge on any atom is 0.0601 e. The van der Waals surface area contributed by atoms with Gasteiger partial charge in [0, 0.05) is 5.71 Å². The van der Waals surface area contributed by atoms with E-state index in [2.05, 4.69) is 32.3 Å². The van der Waals surface area contributed by atoms with Crippen molar-refractivity contribution < 1.29 is 0 Å². The van der Waals surface area contributed by atoms with Gasteiger partial charge in [-0.05, 0) is 25.3 Å². The van der Waals surface area contributed by atoms with Gasteiger partial charge in [0.25, 0.3) is 0 Å². The molecule has 0 N–H and O–H groups in total. The minimum atomic E-state index is 0.836. The molecule has 1 nitrogen and oxygen atoms in total. The van der Waals surface area contributed by atoms with Gasteiger partial charge in [-0.25, -0.2) is 0 Å². The third kappa shape index (κ3) is 4.89. The van der Waals surface area contributed by atoms with Crippen LogP contribution in [0.1, 0.15) is 33.6 Å². The van der Waals surface area contributed by atoms with E-state index in [1.807, 2.05) is 12.2 Å². The summed E-state index contributed by atoms with van der Waals surface area (Å²) in [5, 5.41) is 0. The summed E-state index contributed by atoms with van der Waals surface area (Å²) in [5.74, 6) is 0. The van der Waals surface area contributed by atoms with E-state index in [1.54, 1.807) is 0 Å². The molecule has 0 aromatic rings. The van der Waals surface area contributed by atoms with Crippen LogP contribution >= 0.6 is 0 Å². The lowest BCUT2D eigenvalue weighted by Gasteiger charge is -1.99. The summed E-state index contributed by atoms with van der Waals surface area (Å²) in [5.41, 5.74) is 2.57. The highest BCUT2D eigenvalue weighted by Gasteiger charge is 1.90. The first-order valence-electron chi connectivity index (χ1n) is 4.54. The van der Waals surface area contributed by atoms with Crippen molar-refractivity contribution in [3.05, 3.63) is 24.3 Å². The topological polar surface area (TPSA) is 12.4 Å². The van der Waals surface area contributed by atoms with Crippen LogP contribution in [-0.4, -0.2) is 12.3 Å². The van der Waals surface area contributed by atoms with Gasteiger partial charge < -0.3 is 0 Å². The van der Waals surface area contributed by atoms with Crippen LogP contribution in [0.25, 0.3) is 0 Å². The zero-order chi connectivity index (χ0) is 9.40. The number of hydrogen-bond donors (Lipinski definition) is 0. The van der Waals surface area contributed by atoms with E-state index >= 15 is 0 Å². The number of nitrogens with zero attached hydrogens (tertiary/aromatic N) is 1. The average molecular weight is 165 g/mol. The van der Waals surface area contributed by atoms with Gasteiger partial charge in [-0.3, -0.25) is 4.99 Å². The highest BCUT2D eigenvalue weighted by atomic mass is 14.7. The average Bonchev–Trinajstić information content (AvgIpc) is 2.11. The molecule has 0 atom stereocenters. The van der Waals surface area contributed by atoms with Crippen molar-refractivity contribution in [2.75, 3.05) is 6.54 Å². The Hall–Kier alpha value is -0.850. The second-order valence-electron chi connectivity index (χ2n) is 2.82. The first-order valence-corrected chi connectivity index (χ1v) is 4.54. The molecule has 0 saturated carbocycles. The zero-order valence-electron chi connectivity index (χ0n) is 8.43. The summed E-state index contributed by atoms with van der Waals surface area (Å²) in [6.07, 6.45) is 5.99. The van der Waals surface area contributed by atoms with Crippen LogP contribution in [-0.2, 0) is 0 Å². The largest absolute Gasteiger partial charge is 0.290 e. The molecule has 0 heterocycles. The molecule has 0 aromatic carbocycles. The number of allylic oxidation sites excluding steroid dienone is 2. The van der Waals surface area contributed by atoms with Gasteiger partial charge in [0.2, 0.25) is 0 Å². The van der Waals surface area contributed by atoms with Crippen molar-refractivity contribution in [1.82, 2.24) is 0 Å². The summed E-state index contributed by atoms with van der Waals surface area (Å²) < 4.78 is 0. The molecule has 0 saturated heterocycles. The number of hydrogen-bond acceptors (Lipinski definition) is 1. The Morgan fingerprint density at radius 1 is 1.33 bits per heavy atom. The van der Waals surface area contributed by atoms with E-state index < -0.39 is 0 Å². The molecule has 0 bridgehead atoms. The highest BCUT2D eigenvalue weighted by molar-refractivity contribution is 5.81. The Morgan fingerprint density at radius 3 is 2.42 bits per heavy atom. The molecule has 68 valence electrons. The quantitative estimate of drug-likeness (QED) is 0.437. The van der Waals surface area contributed by atoms with Crippen molar-refractivity contribution in [2.24, 2.45) is 4.99 Å². The van der Waals surface area contributed by atoms with Crippen LogP contribution in [0.2, 0.25) is 0 Å². The molecule has 0 aliphatic heterocycles. The van der Waals surface area contributed by atoms with E-state index in [-0.39, 0.29) is 0 Å². The molecule has 0 radical (unpaired) electrons. The van der Waals surface area contributed by atoms with Gasteiger partial charge in [0.15, 0.2) is 0 Å². The maximum absolute atomic E-state index is 4.43. The van der Waals surface area contributed by atoms with Crippen LogP contribution in [0.5, 0.6) is 0 Å². The van der Waals surface area contributed by atoms with Crippen molar-refractivity contribution in [3.8, 4) is 0 Å². The summed E-state index contributed by atoms with van der Waals surface area (Å²) in [6, 6.07) is 0. The Morgan fingerprint density at radius 2 is 2.00 bits per heavy atom. The summed E-state index contributed by atoms with van der Waals surface area (Å²) in [4.78, 5) is 4.43. The third-order valence-electron chi connectivity index (χ3n) is 1.87. The minimum Gasteiger partial charge on any atom is -0.290 e. The van der Waals surface area contributed by atoms with Crippen molar-refractivity contribution in [3.63, 3.8) is 0 Å². The van der Waals surface area contributed by atoms with Crippen molar-refractivity contribution in [1.29, 1.82) is 0 Å². The lowest BCUT2D eigenvalue weighted by Crippen LogP contribution is -1.93. The summed E-state index contributed by atoms with van der Waals surface area (Å²) >= 11 is 0. The lowest BCUT2D eigenvalue weighted by molar-refractivity contribution is 0.999. The predicted octanol–water partition coefficient (Wildman–Crippen LogP) is 3.38. The van der Waals surface area contributed by atoms with Crippen LogP contribution in [0.15, 0.2) is 29.3 Å². The van der Waals surface area contributed by atoms with Crippen LogP contribution in [0, 0.1) is 0 Å². The van der Waals surface area contributed by atoms with Crippen molar-refractivity contribution in [2.45, 2.75) is 33.6 Å². The van der Waals surface area contributed by atoms with Gasteiger partial charge in [-0.1, -0.05) is 32.6 Å². The normalized spacial score (nSPS) is 13.2. The predicted molar refractivity (Wildman–Crippen MR) is 56.8 cm³/mol. The van der Waals surface area contributed by atoms with Crippen LogP contribution < -0.4 is 0 Å². The second kappa shape index (κ2) is 6.84. The van der Waals surface area contributed by atoms with Gasteiger partial charge >= 0.3 is 0 Å². The van der Waals surface area contributed by atoms with Crippen LogP contribution in [0.4, 0.5) is 0 Å². The fourth-order valence-corrected chi connectivity index (χ4v) is 0.797. The first kappa shape index (κ1) is 11.2. The smallest absolute Gasteiger partial charge is 0.0601 e. The Kier molecular flexibility index (Phi) is 6.35. The molecule has 0 amide bonds. The molecule has 0 fully saturated rings. The number of aliphatic imine (C=N–C) groups is 1. The molecule has 12 heavy (non-hydrogen) atoms. The van der Waals surface area contributed by atoms with Crippen molar-refractivity contribution >= 4 is 5.71 Å². The summed E-state index contributed by atoms with van der Waals surface area (Å²) in [7, 11) is 0. The van der Waals surface area contributed by atoms with Gasteiger partial charge in [-0.15, -0.1) is 0 Å². The molecule has 0 rings (SSSR count). The molecule has 0 aliphatic rings. The third-order valence-corrected chi connectivity index (χ3v) is 1.87. The van der Waals surface area contributed by atoms with Crippen LogP contribution in [0.3, 0.4) is 0 Å². The van der Waals surface area contributed by atoms with E-state index in [0.29, 0.717) is 0 Å². The minimum absolute atomic E-state index is 0.836. The number of rotatable bonds is 5. The molecular weight excluding hydrogens is 146 g/mol. The van der Waals surface area contributed by atoms with Gasteiger partial charge in [0.1, 0.15) is 0 Å².